The quantitative estimate of drug-likeness (QED) is 0.745. The van der Waals surface area contributed by atoms with Gasteiger partial charge in [-0.15, -0.1) is 0 Å². The van der Waals surface area contributed by atoms with Crippen molar-refractivity contribution in [1.82, 2.24) is 10.3 Å². The van der Waals surface area contributed by atoms with E-state index in [-0.39, 0.29) is 17.6 Å². The number of primary amides is 1. The third kappa shape index (κ3) is 2.13. The molecule has 1 aromatic heterocycles. The second kappa shape index (κ2) is 5.34. The van der Waals surface area contributed by atoms with Crippen LogP contribution in [0.15, 0.2) is 24.3 Å². The van der Waals surface area contributed by atoms with Gasteiger partial charge in [-0.3, -0.25) is 14.9 Å². The first-order valence-electron chi connectivity index (χ1n) is 8.31. The maximum atomic E-state index is 13.2. The molecule has 1 amide bonds. The van der Waals surface area contributed by atoms with Crippen molar-refractivity contribution in [3.63, 3.8) is 0 Å². The number of hydrogen-bond acceptors (Lipinski definition) is 4. The molecule has 0 radical (unpaired) electrons. The van der Waals surface area contributed by atoms with Gasteiger partial charge in [-0.25, -0.2) is 0 Å². The zero-order valence-electron chi connectivity index (χ0n) is 13.6. The third-order valence-corrected chi connectivity index (χ3v) is 5.62. The van der Waals surface area contributed by atoms with Crippen LogP contribution in [0.2, 0.25) is 0 Å². The van der Waals surface area contributed by atoms with Crippen LogP contribution in [-0.4, -0.2) is 35.4 Å². The number of rotatable bonds is 4. The van der Waals surface area contributed by atoms with Crippen molar-refractivity contribution in [1.29, 1.82) is 0 Å². The Bertz CT molecular complexity index is 818. The molecule has 3 heterocycles. The van der Waals surface area contributed by atoms with Gasteiger partial charge < -0.3 is 15.5 Å². The molecular weight excluding hydrogens is 306 g/mol. The number of nitrogens with one attached hydrogen (secondary N) is 2. The Hall–Kier alpha value is -2.34. The Morgan fingerprint density at radius 2 is 2.04 bits per heavy atom. The predicted octanol–water partition coefficient (Wildman–Crippen LogP) is 1.75. The molecule has 2 aromatic rings. The molecule has 2 aliphatic heterocycles. The summed E-state index contributed by atoms with van der Waals surface area (Å²) in [6.07, 6.45) is 3.20. The number of carbonyl (C=O) groups excluding carboxylic acids is 2. The van der Waals surface area contributed by atoms with Crippen molar-refractivity contribution < 1.29 is 14.3 Å². The fourth-order valence-electron chi connectivity index (χ4n) is 4.31. The summed E-state index contributed by atoms with van der Waals surface area (Å²) in [5.41, 5.74) is 6.23. The van der Waals surface area contributed by atoms with E-state index in [1.807, 2.05) is 24.3 Å². The number of nitrogens with two attached hydrogens (primary N) is 1. The van der Waals surface area contributed by atoms with Crippen LogP contribution in [0.1, 0.15) is 36.2 Å². The zero-order valence-corrected chi connectivity index (χ0v) is 13.6. The van der Waals surface area contributed by atoms with Crippen LogP contribution < -0.4 is 15.8 Å². The van der Waals surface area contributed by atoms with E-state index >= 15 is 0 Å². The summed E-state index contributed by atoms with van der Waals surface area (Å²) < 4.78 is 5.37. The summed E-state index contributed by atoms with van der Waals surface area (Å²) in [6, 6.07) is 7.11. The van der Waals surface area contributed by atoms with Gasteiger partial charge in [-0.05, 0) is 49.8 Å². The average molecular weight is 327 g/mol. The van der Waals surface area contributed by atoms with Gasteiger partial charge in [-0.1, -0.05) is 6.07 Å². The van der Waals surface area contributed by atoms with Crippen LogP contribution in [0, 0.1) is 5.92 Å². The molecule has 6 heteroatoms. The van der Waals surface area contributed by atoms with Gasteiger partial charge in [0.15, 0.2) is 5.78 Å². The van der Waals surface area contributed by atoms with Gasteiger partial charge in [0, 0.05) is 10.9 Å². The molecule has 4 N–H and O–H groups in total. The highest BCUT2D eigenvalue weighted by molar-refractivity contribution is 6.06. The Morgan fingerprint density at radius 1 is 1.29 bits per heavy atom. The Morgan fingerprint density at radius 3 is 2.71 bits per heavy atom. The first-order valence-corrected chi connectivity index (χ1v) is 8.31. The number of methoxy groups -OCH3 is 1. The van der Waals surface area contributed by atoms with Crippen molar-refractivity contribution in [2.24, 2.45) is 11.7 Å². The van der Waals surface area contributed by atoms with Gasteiger partial charge in [0.1, 0.15) is 5.75 Å². The molecule has 0 spiro atoms. The largest absolute Gasteiger partial charge is 0.496 e. The third-order valence-electron chi connectivity index (χ3n) is 5.62. The van der Waals surface area contributed by atoms with Crippen molar-refractivity contribution >= 4 is 22.6 Å². The van der Waals surface area contributed by atoms with Crippen LogP contribution in [0.25, 0.3) is 10.9 Å². The Labute approximate surface area is 139 Å². The van der Waals surface area contributed by atoms with E-state index in [0.29, 0.717) is 5.69 Å². The monoisotopic (exact) mass is 327 g/mol. The predicted molar refractivity (Wildman–Crippen MR) is 90.0 cm³/mol. The number of aromatic amines is 1. The van der Waals surface area contributed by atoms with Gasteiger partial charge in [-0.2, -0.15) is 0 Å². The summed E-state index contributed by atoms with van der Waals surface area (Å²) in [5, 5.41) is 4.15. The standard InChI is InChI=1S/C18H21N3O3/c1-24-14-4-2-3-12-11(14)9-13(20-12)16(22)18-7-5-10(6-8-18)15(21-18)17(19)23/h2-4,9-10,15,20-21H,5-8H2,1H3,(H2,19,23). The topological polar surface area (TPSA) is 97.2 Å². The molecule has 5 rings (SSSR count). The molecule has 3 fully saturated rings. The minimum Gasteiger partial charge on any atom is -0.496 e. The lowest BCUT2D eigenvalue weighted by molar-refractivity contribution is -0.124. The summed E-state index contributed by atoms with van der Waals surface area (Å²) in [5.74, 6) is 0.621. The SMILES string of the molecule is COc1cccc2[nH]c(C(=O)C34CCC(CC3)C(C(N)=O)N4)cc12. The van der Waals surface area contributed by atoms with Gasteiger partial charge >= 0.3 is 0 Å². The van der Waals surface area contributed by atoms with E-state index in [9.17, 15) is 9.59 Å². The maximum absolute atomic E-state index is 13.2. The molecule has 2 bridgehead atoms. The number of ketones is 1. The van der Waals surface area contributed by atoms with Crippen LogP contribution >= 0.6 is 0 Å². The molecule has 1 unspecified atom stereocenters. The van der Waals surface area contributed by atoms with Crippen LogP contribution in [0.4, 0.5) is 0 Å². The van der Waals surface area contributed by atoms with E-state index in [1.165, 1.54) is 0 Å². The Kier molecular flexibility index (Phi) is 3.38. The second-order valence-corrected chi connectivity index (χ2v) is 6.88. The highest BCUT2D eigenvalue weighted by Crippen LogP contribution is 2.42. The number of amides is 1. The van der Waals surface area contributed by atoms with Crippen molar-refractivity contribution in [3.05, 3.63) is 30.0 Å². The van der Waals surface area contributed by atoms with Crippen molar-refractivity contribution in [3.8, 4) is 5.75 Å². The number of benzene rings is 1. The molecule has 24 heavy (non-hydrogen) atoms. The number of aromatic nitrogens is 1. The number of Topliss-reactive ketones (excluding diaryl/α,β-unsaturated/α-hetero) is 1. The van der Waals surface area contributed by atoms with E-state index in [1.54, 1.807) is 7.11 Å². The number of ether oxygens (including phenoxy) is 1. The second-order valence-electron chi connectivity index (χ2n) is 6.88. The molecule has 1 saturated carbocycles. The first kappa shape index (κ1) is 15.2. The zero-order chi connectivity index (χ0) is 16.9. The summed E-state index contributed by atoms with van der Waals surface area (Å²) >= 11 is 0. The fourth-order valence-corrected chi connectivity index (χ4v) is 4.31. The minimum absolute atomic E-state index is 0.00477. The minimum atomic E-state index is -0.692. The van der Waals surface area contributed by atoms with E-state index in [0.717, 1.165) is 42.3 Å². The fraction of sp³-hybridized carbons (Fsp3) is 0.444. The van der Waals surface area contributed by atoms with Crippen LogP contribution in [-0.2, 0) is 4.79 Å². The highest BCUT2D eigenvalue weighted by Gasteiger charge is 2.51. The van der Waals surface area contributed by atoms with Gasteiger partial charge in [0.25, 0.3) is 0 Å². The van der Waals surface area contributed by atoms with Gasteiger partial charge in [0.05, 0.1) is 24.4 Å². The van der Waals surface area contributed by atoms with Gasteiger partial charge in [0.2, 0.25) is 5.91 Å². The van der Waals surface area contributed by atoms with Crippen molar-refractivity contribution in [2.45, 2.75) is 37.3 Å². The van der Waals surface area contributed by atoms with Crippen LogP contribution in [0.5, 0.6) is 5.75 Å². The summed E-state index contributed by atoms with van der Waals surface area (Å²) in [4.78, 5) is 28.1. The molecule has 6 nitrogen and oxygen atoms in total. The lowest BCUT2D eigenvalue weighted by Crippen LogP contribution is -2.68. The highest BCUT2D eigenvalue weighted by atomic mass is 16.5. The average Bonchev–Trinajstić information content (AvgIpc) is 3.05. The maximum Gasteiger partial charge on any atom is 0.234 e. The molecule has 1 aliphatic carbocycles. The lowest BCUT2D eigenvalue weighted by atomic mass is 9.66. The number of fused-ring (bicyclic) bond motifs is 4. The molecule has 1 atom stereocenters. The molecule has 126 valence electrons. The molecular formula is C18H21N3O3. The molecule has 2 saturated heterocycles. The van der Waals surface area contributed by atoms with Crippen LogP contribution in [0.3, 0.4) is 0 Å². The molecule has 3 aliphatic rings. The number of H-pyrrole nitrogens is 1. The summed E-state index contributed by atoms with van der Waals surface area (Å²) in [7, 11) is 1.61. The van der Waals surface area contributed by atoms with E-state index in [2.05, 4.69) is 10.3 Å². The molecule has 1 aromatic carbocycles. The van der Waals surface area contributed by atoms with Crippen molar-refractivity contribution in [2.75, 3.05) is 7.11 Å². The summed E-state index contributed by atoms with van der Waals surface area (Å²) in [6.45, 7) is 0. The Balaban J connectivity index is 1.72. The normalized spacial score (nSPS) is 28.9. The first-order chi connectivity index (χ1) is 11.5. The number of piperidine rings is 2. The number of carbonyl (C=O) groups is 2. The lowest BCUT2D eigenvalue weighted by Gasteiger charge is -2.49. The smallest absolute Gasteiger partial charge is 0.234 e. The number of hydrogen-bond donors (Lipinski definition) is 3. The van der Waals surface area contributed by atoms with E-state index < -0.39 is 11.6 Å². The van der Waals surface area contributed by atoms with E-state index in [4.69, 9.17) is 10.5 Å².